The highest BCUT2D eigenvalue weighted by Gasteiger charge is 2.29. The number of amides is 4. The molecule has 0 atom stereocenters. The van der Waals surface area contributed by atoms with E-state index in [1.54, 1.807) is 29.0 Å². The Morgan fingerprint density at radius 1 is 1.16 bits per heavy atom. The normalized spacial score (nSPS) is 19.8. The average molecular weight is 346 g/mol. The summed E-state index contributed by atoms with van der Waals surface area (Å²) in [4.78, 5) is 27.4. The fourth-order valence-electron chi connectivity index (χ4n) is 3.42. The van der Waals surface area contributed by atoms with Gasteiger partial charge in [-0.1, -0.05) is 19.3 Å². The van der Waals surface area contributed by atoms with Crippen LogP contribution < -0.4 is 15.5 Å². The number of nitrogens with one attached hydrogen (secondary N) is 2. The number of rotatable bonds is 4. The lowest BCUT2D eigenvalue weighted by atomic mass is 9.85. The van der Waals surface area contributed by atoms with Gasteiger partial charge in [0.1, 0.15) is 0 Å². The molecule has 0 bridgehead atoms. The Labute approximate surface area is 148 Å². The zero-order valence-corrected chi connectivity index (χ0v) is 14.6. The minimum Gasteiger partial charge on any atom is -0.388 e. The maximum Gasteiger partial charge on any atom is 0.324 e. The van der Waals surface area contributed by atoms with Gasteiger partial charge >= 0.3 is 12.1 Å². The highest BCUT2D eigenvalue weighted by Crippen LogP contribution is 2.27. The van der Waals surface area contributed by atoms with E-state index in [0.29, 0.717) is 18.8 Å². The van der Waals surface area contributed by atoms with Crippen molar-refractivity contribution < 1.29 is 14.7 Å². The molecule has 1 heterocycles. The minimum absolute atomic E-state index is 0.0147. The molecule has 136 valence electrons. The number of nitrogens with zero attached hydrogens (tertiary/aromatic N) is 2. The first-order valence-corrected chi connectivity index (χ1v) is 8.87. The number of benzene rings is 1. The lowest BCUT2D eigenvalue weighted by Gasteiger charge is -2.32. The summed E-state index contributed by atoms with van der Waals surface area (Å²) in [5.41, 5.74) is 0.690. The van der Waals surface area contributed by atoms with Gasteiger partial charge in [0.15, 0.2) is 0 Å². The van der Waals surface area contributed by atoms with E-state index in [1.165, 1.54) is 0 Å². The van der Waals surface area contributed by atoms with Crippen molar-refractivity contribution in [3.63, 3.8) is 0 Å². The van der Waals surface area contributed by atoms with Gasteiger partial charge in [-0.25, -0.2) is 9.59 Å². The molecule has 1 aliphatic carbocycles. The van der Waals surface area contributed by atoms with Crippen molar-refractivity contribution in [2.24, 2.45) is 0 Å². The van der Waals surface area contributed by atoms with Crippen LogP contribution in [0.1, 0.15) is 32.1 Å². The van der Waals surface area contributed by atoms with E-state index in [1.807, 2.05) is 12.1 Å². The van der Waals surface area contributed by atoms with Crippen molar-refractivity contribution in [2.45, 2.75) is 37.7 Å². The average Bonchev–Trinajstić information content (AvgIpc) is 2.94. The summed E-state index contributed by atoms with van der Waals surface area (Å²) in [5.74, 6) is 0. The Hall–Kier alpha value is -2.28. The molecule has 7 heteroatoms. The van der Waals surface area contributed by atoms with Crippen LogP contribution in [0, 0.1) is 0 Å². The fraction of sp³-hybridized carbons (Fsp3) is 0.556. The van der Waals surface area contributed by atoms with Crippen LogP contribution in [0.4, 0.5) is 21.0 Å². The number of anilines is 2. The van der Waals surface area contributed by atoms with Gasteiger partial charge in [-0.05, 0) is 37.1 Å². The molecule has 1 aromatic carbocycles. The highest BCUT2D eigenvalue weighted by atomic mass is 16.3. The van der Waals surface area contributed by atoms with Gasteiger partial charge in [-0.3, -0.25) is 4.90 Å². The molecule has 2 aliphatic rings. The number of hydrogen-bond acceptors (Lipinski definition) is 3. The fourth-order valence-corrected chi connectivity index (χ4v) is 3.42. The second-order valence-corrected chi connectivity index (χ2v) is 7.00. The van der Waals surface area contributed by atoms with E-state index in [9.17, 15) is 14.7 Å². The second-order valence-electron chi connectivity index (χ2n) is 7.00. The molecule has 1 saturated heterocycles. The predicted molar refractivity (Wildman–Crippen MR) is 96.9 cm³/mol. The van der Waals surface area contributed by atoms with Crippen molar-refractivity contribution in [1.82, 2.24) is 10.2 Å². The van der Waals surface area contributed by atoms with Crippen LogP contribution >= 0.6 is 0 Å². The van der Waals surface area contributed by atoms with Crippen LogP contribution in [0.3, 0.4) is 0 Å². The van der Waals surface area contributed by atoms with Gasteiger partial charge in [-0.15, -0.1) is 0 Å². The van der Waals surface area contributed by atoms with E-state index < -0.39 is 5.60 Å². The minimum atomic E-state index is -0.776. The highest BCUT2D eigenvalue weighted by molar-refractivity contribution is 5.94. The van der Waals surface area contributed by atoms with E-state index in [2.05, 4.69) is 10.6 Å². The largest absolute Gasteiger partial charge is 0.388 e. The van der Waals surface area contributed by atoms with Gasteiger partial charge < -0.3 is 20.6 Å². The molecule has 3 rings (SSSR count). The molecule has 1 aromatic rings. The molecule has 25 heavy (non-hydrogen) atoms. The molecular weight excluding hydrogens is 320 g/mol. The van der Waals surface area contributed by atoms with E-state index in [0.717, 1.165) is 37.8 Å². The zero-order valence-electron chi connectivity index (χ0n) is 14.6. The third-order valence-corrected chi connectivity index (χ3v) is 5.02. The second kappa shape index (κ2) is 7.31. The number of carbonyl (C=O) groups excluding carboxylic acids is 2. The number of carbonyl (C=O) groups is 2. The Bertz CT molecular complexity index is 626. The SMILES string of the molecule is CN1CCN(c2ccc(NC(=O)NCC3(O)CCCCC3)cc2)C1=O. The summed E-state index contributed by atoms with van der Waals surface area (Å²) >= 11 is 0. The number of aliphatic hydroxyl groups is 1. The summed E-state index contributed by atoms with van der Waals surface area (Å²) in [5, 5.41) is 15.9. The van der Waals surface area contributed by atoms with E-state index in [-0.39, 0.29) is 18.6 Å². The first-order valence-electron chi connectivity index (χ1n) is 8.87. The maximum atomic E-state index is 12.0. The molecule has 0 aromatic heterocycles. The van der Waals surface area contributed by atoms with Gasteiger partial charge in [-0.2, -0.15) is 0 Å². The van der Waals surface area contributed by atoms with Crippen LogP contribution in [0.2, 0.25) is 0 Å². The Balaban J connectivity index is 1.51. The van der Waals surface area contributed by atoms with Gasteiger partial charge in [0.25, 0.3) is 0 Å². The first-order chi connectivity index (χ1) is 12.0. The maximum absolute atomic E-state index is 12.0. The van der Waals surface area contributed by atoms with Crippen LogP contribution in [-0.2, 0) is 0 Å². The first kappa shape index (κ1) is 17.5. The van der Waals surface area contributed by atoms with Gasteiger partial charge in [0.05, 0.1) is 5.60 Å². The zero-order chi connectivity index (χ0) is 17.9. The molecule has 7 nitrogen and oxygen atoms in total. The number of hydrogen-bond donors (Lipinski definition) is 3. The Kier molecular flexibility index (Phi) is 5.13. The van der Waals surface area contributed by atoms with Crippen LogP contribution in [-0.4, -0.2) is 54.4 Å². The third kappa shape index (κ3) is 4.22. The molecule has 1 saturated carbocycles. The van der Waals surface area contributed by atoms with Crippen molar-refractivity contribution in [1.29, 1.82) is 0 Å². The number of likely N-dealkylation sites (N-methyl/N-ethyl adjacent to an activating group) is 1. The van der Waals surface area contributed by atoms with Crippen molar-refractivity contribution in [2.75, 3.05) is 36.9 Å². The third-order valence-electron chi connectivity index (χ3n) is 5.02. The predicted octanol–water partition coefficient (Wildman–Crippen LogP) is 2.38. The van der Waals surface area contributed by atoms with E-state index >= 15 is 0 Å². The summed E-state index contributed by atoms with van der Waals surface area (Å²) in [7, 11) is 1.78. The summed E-state index contributed by atoms with van der Waals surface area (Å²) in [6, 6.07) is 6.84. The molecule has 0 unspecified atom stereocenters. The summed E-state index contributed by atoms with van der Waals surface area (Å²) in [6.07, 6.45) is 4.63. The molecule has 4 amide bonds. The quantitative estimate of drug-likeness (QED) is 0.782. The molecule has 0 radical (unpaired) electrons. The van der Waals surface area contributed by atoms with Crippen LogP contribution in [0.5, 0.6) is 0 Å². The Morgan fingerprint density at radius 3 is 2.44 bits per heavy atom. The smallest absolute Gasteiger partial charge is 0.324 e. The lowest BCUT2D eigenvalue weighted by Crippen LogP contribution is -2.45. The van der Waals surface area contributed by atoms with Gasteiger partial charge in [0.2, 0.25) is 0 Å². The van der Waals surface area contributed by atoms with Gasteiger partial charge in [0, 0.05) is 38.1 Å². The van der Waals surface area contributed by atoms with Crippen molar-refractivity contribution in [3.8, 4) is 0 Å². The van der Waals surface area contributed by atoms with Crippen molar-refractivity contribution >= 4 is 23.4 Å². The monoisotopic (exact) mass is 346 g/mol. The standard InChI is InChI=1S/C18H26N4O3/c1-21-11-12-22(17(21)24)15-7-5-14(6-8-15)20-16(23)19-13-18(25)9-3-2-4-10-18/h5-8,25H,2-4,9-13H2,1H3,(H2,19,20,23). The Morgan fingerprint density at radius 2 is 1.84 bits per heavy atom. The lowest BCUT2D eigenvalue weighted by molar-refractivity contribution is 0.00755. The van der Waals surface area contributed by atoms with Crippen LogP contribution in [0.25, 0.3) is 0 Å². The molecule has 1 aliphatic heterocycles. The van der Waals surface area contributed by atoms with Crippen LogP contribution in [0.15, 0.2) is 24.3 Å². The molecule has 0 spiro atoms. The summed E-state index contributed by atoms with van der Waals surface area (Å²) < 4.78 is 0. The van der Waals surface area contributed by atoms with Crippen molar-refractivity contribution in [3.05, 3.63) is 24.3 Å². The summed E-state index contributed by atoms with van der Waals surface area (Å²) in [6.45, 7) is 1.65. The molecule has 3 N–H and O–H groups in total. The molecule has 2 fully saturated rings. The number of urea groups is 2. The van der Waals surface area contributed by atoms with E-state index in [4.69, 9.17) is 0 Å². The molecular formula is C18H26N4O3. The topological polar surface area (TPSA) is 84.9 Å².